The van der Waals surface area contributed by atoms with Gasteiger partial charge in [-0.15, -0.1) is 0 Å². The molecule has 1 aromatic rings. The van der Waals surface area contributed by atoms with Crippen LogP contribution in [0.25, 0.3) is 0 Å². The third-order valence-electron chi connectivity index (χ3n) is 4.12. The number of hydrogen-bond donors (Lipinski definition) is 1. The lowest BCUT2D eigenvalue weighted by Crippen LogP contribution is -2.40. The van der Waals surface area contributed by atoms with Crippen molar-refractivity contribution in [3.63, 3.8) is 0 Å². The molecule has 22 heavy (non-hydrogen) atoms. The van der Waals surface area contributed by atoms with Gasteiger partial charge in [-0.05, 0) is 36.8 Å². The molecule has 5 nitrogen and oxygen atoms in total. The molecule has 0 unspecified atom stereocenters. The first-order chi connectivity index (χ1) is 10.6. The van der Waals surface area contributed by atoms with Crippen molar-refractivity contribution in [2.75, 3.05) is 20.2 Å². The van der Waals surface area contributed by atoms with E-state index in [2.05, 4.69) is 0 Å². The van der Waals surface area contributed by atoms with Crippen LogP contribution in [0, 0.1) is 5.92 Å². The van der Waals surface area contributed by atoms with Gasteiger partial charge in [0.25, 0.3) is 5.91 Å². The monoisotopic (exact) mass is 305 g/mol. The lowest BCUT2D eigenvalue weighted by atomic mass is 9.92. The minimum Gasteiger partial charge on any atom is -0.481 e. The van der Waals surface area contributed by atoms with E-state index in [0.29, 0.717) is 25.1 Å². The van der Waals surface area contributed by atoms with E-state index in [1.54, 1.807) is 7.11 Å². The number of carbonyl (C=O) groups is 2. The van der Waals surface area contributed by atoms with Crippen LogP contribution in [0.5, 0.6) is 0 Å². The van der Waals surface area contributed by atoms with Gasteiger partial charge in [-0.25, -0.2) is 0 Å². The normalized spacial score (nSPS) is 18.2. The highest BCUT2D eigenvalue weighted by molar-refractivity contribution is 5.95. The van der Waals surface area contributed by atoms with E-state index in [-0.39, 0.29) is 18.2 Å². The average molecular weight is 305 g/mol. The third-order valence-corrected chi connectivity index (χ3v) is 4.12. The molecule has 1 aliphatic heterocycles. The van der Waals surface area contributed by atoms with E-state index in [1.165, 1.54) is 0 Å². The number of aliphatic carboxylic acids is 1. The van der Waals surface area contributed by atoms with Gasteiger partial charge >= 0.3 is 5.97 Å². The summed E-state index contributed by atoms with van der Waals surface area (Å²) in [6.45, 7) is 1.80. The number of nitrogens with zero attached hydrogens (tertiary/aromatic N) is 1. The summed E-state index contributed by atoms with van der Waals surface area (Å²) < 4.78 is 5.16. The van der Waals surface area contributed by atoms with E-state index >= 15 is 0 Å². The number of carbonyl (C=O) groups excluding carboxylic acids is 1. The second-order valence-electron chi connectivity index (χ2n) is 5.78. The molecule has 5 heteroatoms. The second-order valence-corrected chi connectivity index (χ2v) is 5.78. The van der Waals surface area contributed by atoms with Crippen molar-refractivity contribution in [1.29, 1.82) is 0 Å². The Hall–Kier alpha value is -1.88. The fourth-order valence-corrected chi connectivity index (χ4v) is 2.99. The van der Waals surface area contributed by atoms with Gasteiger partial charge in [-0.1, -0.05) is 18.2 Å². The Morgan fingerprint density at radius 1 is 1.36 bits per heavy atom. The van der Waals surface area contributed by atoms with Crippen LogP contribution in [0.3, 0.4) is 0 Å². The number of carboxylic acid groups (broad SMARTS) is 1. The third kappa shape index (κ3) is 4.31. The standard InChI is InChI=1S/C17H23NO4/c1-22-12-14-6-2-3-7-15(14)17(21)18-10-4-5-13(11-18)8-9-16(19)20/h2-3,6-7,13H,4-5,8-12H2,1H3,(H,19,20)/t13-/m1/s1. The van der Waals surface area contributed by atoms with E-state index in [4.69, 9.17) is 9.84 Å². The zero-order chi connectivity index (χ0) is 15.9. The largest absolute Gasteiger partial charge is 0.481 e. The maximum Gasteiger partial charge on any atom is 0.303 e. The molecule has 1 heterocycles. The maximum atomic E-state index is 12.7. The van der Waals surface area contributed by atoms with Crippen LogP contribution in [0.4, 0.5) is 0 Å². The highest BCUT2D eigenvalue weighted by Crippen LogP contribution is 2.23. The Balaban J connectivity index is 2.04. The van der Waals surface area contributed by atoms with Crippen LogP contribution < -0.4 is 0 Å². The Morgan fingerprint density at radius 2 is 2.14 bits per heavy atom. The van der Waals surface area contributed by atoms with Gasteiger partial charge in [0.1, 0.15) is 0 Å². The van der Waals surface area contributed by atoms with Gasteiger partial charge in [0.05, 0.1) is 6.61 Å². The van der Waals surface area contributed by atoms with Gasteiger partial charge < -0.3 is 14.7 Å². The molecule has 0 aromatic heterocycles. The summed E-state index contributed by atoms with van der Waals surface area (Å²) in [7, 11) is 1.62. The molecule has 2 rings (SSSR count). The molecule has 1 amide bonds. The molecule has 1 aromatic carbocycles. The van der Waals surface area contributed by atoms with Gasteiger partial charge in [-0.2, -0.15) is 0 Å². The average Bonchev–Trinajstić information content (AvgIpc) is 2.53. The van der Waals surface area contributed by atoms with Gasteiger partial charge in [0, 0.05) is 32.2 Å². The fourth-order valence-electron chi connectivity index (χ4n) is 2.99. The van der Waals surface area contributed by atoms with Gasteiger partial charge in [0.15, 0.2) is 0 Å². The van der Waals surface area contributed by atoms with Crippen molar-refractivity contribution in [3.05, 3.63) is 35.4 Å². The molecule has 1 fully saturated rings. The summed E-state index contributed by atoms with van der Waals surface area (Å²) in [6.07, 6.45) is 2.74. The van der Waals surface area contributed by atoms with Crippen LogP contribution in [-0.4, -0.2) is 42.1 Å². The van der Waals surface area contributed by atoms with Crippen molar-refractivity contribution < 1.29 is 19.4 Å². The molecular formula is C17H23NO4. The highest BCUT2D eigenvalue weighted by atomic mass is 16.5. The molecule has 1 N–H and O–H groups in total. The number of amides is 1. The predicted octanol–water partition coefficient (Wildman–Crippen LogP) is 2.55. The molecule has 0 radical (unpaired) electrons. The number of carboxylic acids is 1. The molecule has 0 aliphatic carbocycles. The zero-order valence-electron chi connectivity index (χ0n) is 13.0. The van der Waals surface area contributed by atoms with E-state index in [0.717, 1.165) is 24.9 Å². The summed E-state index contributed by atoms with van der Waals surface area (Å²) in [5.74, 6) is -0.468. The highest BCUT2D eigenvalue weighted by Gasteiger charge is 2.25. The first kappa shape index (κ1) is 16.5. The first-order valence-corrected chi connectivity index (χ1v) is 7.69. The summed E-state index contributed by atoms with van der Waals surface area (Å²) in [5.41, 5.74) is 1.57. The molecule has 1 aliphatic rings. The number of benzene rings is 1. The van der Waals surface area contributed by atoms with Crippen molar-refractivity contribution in [3.8, 4) is 0 Å². The van der Waals surface area contributed by atoms with Crippen molar-refractivity contribution in [2.24, 2.45) is 5.92 Å². The molecule has 120 valence electrons. The van der Waals surface area contributed by atoms with Crippen molar-refractivity contribution in [1.82, 2.24) is 4.90 Å². The summed E-state index contributed by atoms with van der Waals surface area (Å²) in [4.78, 5) is 25.3. The van der Waals surface area contributed by atoms with Crippen LogP contribution in [-0.2, 0) is 16.1 Å². The number of rotatable bonds is 6. The van der Waals surface area contributed by atoms with Crippen molar-refractivity contribution >= 4 is 11.9 Å². The molecule has 1 atom stereocenters. The summed E-state index contributed by atoms with van der Waals surface area (Å²) in [6, 6.07) is 7.50. The van der Waals surface area contributed by atoms with E-state index in [1.807, 2.05) is 29.2 Å². The Bertz CT molecular complexity index is 529. The Labute approximate surface area is 130 Å². The quantitative estimate of drug-likeness (QED) is 0.877. The van der Waals surface area contributed by atoms with Crippen LogP contribution in [0.1, 0.15) is 41.6 Å². The minimum atomic E-state index is -0.770. The summed E-state index contributed by atoms with van der Waals surface area (Å²) >= 11 is 0. The molecule has 0 bridgehead atoms. The molecule has 0 saturated carbocycles. The van der Waals surface area contributed by atoms with E-state index < -0.39 is 5.97 Å². The SMILES string of the molecule is COCc1ccccc1C(=O)N1CCC[C@H](CCC(=O)O)C1. The number of methoxy groups -OCH3 is 1. The maximum absolute atomic E-state index is 12.7. The van der Waals surface area contributed by atoms with Crippen LogP contribution in [0.15, 0.2) is 24.3 Å². The number of ether oxygens (including phenoxy) is 1. The lowest BCUT2D eigenvalue weighted by molar-refractivity contribution is -0.137. The minimum absolute atomic E-state index is 0.0210. The smallest absolute Gasteiger partial charge is 0.303 e. The molecular weight excluding hydrogens is 282 g/mol. The number of piperidine rings is 1. The Kier molecular flexibility index (Phi) is 5.95. The number of likely N-dealkylation sites (tertiary alicyclic amines) is 1. The van der Waals surface area contributed by atoms with Crippen LogP contribution in [0.2, 0.25) is 0 Å². The molecule has 0 spiro atoms. The van der Waals surface area contributed by atoms with Gasteiger partial charge in [0.2, 0.25) is 0 Å². The molecule has 1 saturated heterocycles. The van der Waals surface area contributed by atoms with E-state index in [9.17, 15) is 9.59 Å². The number of hydrogen-bond acceptors (Lipinski definition) is 3. The predicted molar refractivity (Wildman–Crippen MR) is 82.7 cm³/mol. The zero-order valence-corrected chi connectivity index (χ0v) is 13.0. The summed E-state index contributed by atoms with van der Waals surface area (Å²) in [5, 5.41) is 8.80. The Morgan fingerprint density at radius 3 is 2.86 bits per heavy atom. The lowest BCUT2D eigenvalue weighted by Gasteiger charge is -2.33. The second kappa shape index (κ2) is 7.94. The topological polar surface area (TPSA) is 66.8 Å². The van der Waals surface area contributed by atoms with Gasteiger partial charge in [-0.3, -0.25) is 9.59 Å². The van der Waals surface area contributed by atoms with Crippen LogP contribution >= 0.6 is 0 Å². The fraction of sp³-hybridized carbons (Fsp3) is 0.529. The first-order valence-electron chi connectivity index (χ1n) is 7.69. The van der Waals surface area contributed by atoms with Crippen molar-refractivity contribution in [2.45, 2.75) is 32.3 Å².